The molecule has 0 radical (unpaired) electrons. The van der Waals surface area contributed by atoms with E-state index < -0.39 is 0 Å². The van der Waals surface area contributed by atoms with E-state index in [1.807, 2.05) is 6.20 Å². The summed E-state index contributed by atoms with van der Waals surface area (Å²) >= 11 is 3.43. The third-order valence-corrected chi connectivity index (χ3v) is 2.83. The van der Waals surface area contributed by atoms with Crippen LogP contribution in [0.4, 0.5) is 11.5 Å². The van der Waals surface area contributed by atoms with Gasteiger partial charge in [-0.3, -0.25) is 0 Å². The Morgan fingerprint density at radius 3 is 3.07 bits per heavy atom. The van der Waals surface area contributed by atoms with E-state index in [1.54, 1.807) is 0 Å². The van der Waals surface area contributed by atoms with Gasteiger partial charge in [0.2, 0.25) is 0 Å². The molecule has 0 amide bonds. The van der Waals surface area contributed by atoms with Gasteiger partial charge in [-0.05, 0) is 35.8 Å². The summed E-state index contributed by atoms with van der Waals surface area (Å²) < 4.78 is 1.02. The summed E-state index contributed by atoms with van der Waals surface area (Å²) in [7, 11) is 0. The van der Waals surface area contributed by atoms with Crippen LogP contribution in [-0.4, -0.2) is 24.1 Å². The zero-order valence-electron chi connectivity index (χ0n) is 8.42. The number of nitrogens with one attached hydrogen (secondary N) is 1. The second kappa shape index (κ2) is 3.77. The fraction of sp³-hybridized carbons (Fsp3) is 0.500. The highest BCUT2D eigenvalue weighted by Crippen LogP contribution is 2.29. The van der Waals surface area contributed by atoms with Crippen LogP contribution >= 0.6 is 15.9 Å². The topological polar surface area (TPSA) is 28.2 Å². The Bertz CT molecular complexity index is 338. The van der Waals surface area contributed by atoms with Gasteiger partial charge in [-0.2, -0.15) is 0 Å². The van der Waals surface area contributed by atoms with E-state index in [0.717, 1.165) is 29.1 Å². The van der Waals surface area contributed by atoms with Crippen molar-refractivity contribution in [1.29, 1.82) is 0 Å². The first kappa shape index (κ1) is 9.77. The third-order valence-electron chi connectivity index (χ3n) is 2.40. The summed E-state index contributed by atoms with van der Waals surface area (Å²) in [6.07, 6.45) is 1.85. The highest BCUT2D eigenvalue weighted by molar-refractivity contribution is 9.10. The summed E-state index contributed by atoms with van der Waals surface area (Å²) in [5, 5.41) is 3.35. The minimum atomic E-state index is 0.504. The third kappa shape index (κ3) is 1.71. The number of halogens is 1. The summed E-state index contributed by atoms with van der Waals surface area (Å²) in [5.74, 6) is 1.06. The van der Waals surface area contributed by atoms with Crippen molar-refractivity contribution in [2.24, 2.45) is 0 Å². The largest absolute Gasteiger partial charge is 0.380 e. The number of hydrogen-bond donors (Lipinski definition) is 1. The van der Waals surface area contributed by atoms with Crippen LogP contribution in [0.2, 0.25) is 0 Å². The van der Waals surface area contributed by atoms with E-state index in [0.29, 0.717) is 6.04 Å². The number of aromatic nitrogens is 1. The molecule has 0 aliphatic carbocycles. The summed E-state index contributed by atoms with van der Waals surface area (Å²) in [5.41, 5.74) is 1.12. The molecule has 0 saturated carbocycles. The zero-order valence-corrected chi connectivity index (χ0v) is 10.0. The van der Waals surface area contributed by atoms with E-state index in [1.165, 1.54) is 0 Å². The fourth-order valence-electron chi connectivity index (χ4n) is 1.71. The molecule has 76 valence electrons. The van der Waals surface area contributed by atoms with Crippen LogP contribution in [0.1, 0.15) is 13.8 Å². The lowest BCUT2D eigenvalue weighted by Crippen LogP contribution is -2.39. The Hall–Kier alpha value is -0.770. The summed E-state index contributed by atoms with van der Waals surface area (Å²) in [6.45, 7) is 6.40. The highest BCUT2D eigenvalue weighted by atomic mass is 79.9. The Balaban J connectivity index is 2.40. The van der Waals surface area contributed by atoms with Crippen molar-refractivity contribution in [3.05, 3.63) is 16.7 Å². The molecular formula is C10H14BrN3. The predicted molar refractivity (Wildman–Crippen MR) is 62.9 cm³/mol. The average molecular weight is 256 g/mol. The molecule has 0 bridgehead atoms. The Morgan fingerprint density at radius 2 is 2.36 bits per heavy atom. The molecule has 2 rings (SSSR count). The van der Waals surface area contributed by atoms with Crippen molar-refractivity contribution in [1.82, 2.24) is 4.98 Å². The molecule has 14 heavy (non-hydrogen) atoms. The first-order valence-corrected chi connectivity index (χ1v) is 5.64. The molecule has 1 N–H and O–H groups in total. The first-order valence-electron chi connectivity index (χ1n) is 4.84. The lowest BCUT2D eigenvalue weighted by molar-refractivity contribution is 0.670. The maximum atomic E-state index is 4.44. The standard InChI is InChI=1S/C10H14BrN3/c1-7(2)14-4-3-12-9-5-8(11)6-13-10(9)14/h5-7,12H,3-4H2,1-2H3. The van der Waals surface area contributed by atoms with Crippen LogP contribution in [0.25, 0.3) is 0 Å². The number of nitrogens with zero attached hydrogens (tertiary/aromatic N) is 2. The molecule has 3 nitrogen and oxygen atoms in total. The molecule has 1 aliphatic rings. The van der Waals surface area contributed by atoms with Gasteiger partial charge in [0.1, 0.15) is 0 Å². The molecule has 1 aromatic heterocycles. The minimum Gasteiger partial charge on any atom is -0.380 e. The van der Waals surface area contributed by atoms with E-state index in [4.69, 9.17) is 0 Å². The predicted octanol–water partition coefficient (Wildman–Crippen LogP) is 2.48. The summed E-state index contributed by atoms with van der Waals surface area (Å²) in [4.78, 5) is 6.76. The van der Waals surface area contributed by atoms with E-state index >= 15 is 0 Å². The second-order valence-corrected chi connectivity index (χ2v) is 4.65. The first-order chi connectivity index (χ1) is 6.68. The number of hydrogen-bond acceptors (Lipinski definition) is 3. The zero-order chi connectivity index (χ0) is 10.1. The van der Waals surface area contributed by atoms with Crippen molar-refractivity contribution < 1.29 is 0 Å². The molecule has 4 heteroatoms. The van der Waals surface area contributed by atoms with Crippen molar-refractivity contribution in [2.75, 3.05) is 23.3 Å². The van der Waals surface area contributed by atoms with Crippen LogP contribution in [0.5, 0.6) is 0 Å². The maximum absolute atomic E-state index is 4.44. The van der Waals surface area contributed by atoms with Gasteiger partial charge in [-0.25, -0.2) is 4.98 Å². The molecule has 2 heterocycles. The number of anilines is 2. The smallest absolute Gasteiger partial charge is 0.152 e. The lowest BCUT2D eigenvalue weighted by Gasteiger charge is -2.33. The van der Waals surface area contributed by atoms with Gasteiger partial charge in [0.05, 0.1) is 5.69 Å². The van der Waals surface area contributed by atoms with Gasteiger partial charge in [-0.15, -0.1) is 0 Å². The molecule has 1 aliphatic heterocycles. The van der Waals surface area contributed by atoms with Crippen LogP contribution in [0.15, 0.2) is 16.7 Å². The Kier molecular flexibility index (Phi) is 2.63. The quantitative estimate of drug-likeness (QED) is 0.836. The van der Waals surface area contributed by atoms with Crippen LogP contribution < -0.4 is 10.2 Å². The molecule has 0 spiro atoms. The highest BCUT2D eigenvalue weighted by Gasteiger charge is 2.19. The second-order valence-electron chi connectivity index (χ2n) is 3.74. The van der Waals surface area contributed by atoms with Gasteiger partial charge in [-0.1, -0.05) is 0 Å². The van der Waals surface area contributed by atoms with Gasteiger partial charge in [0.25, 0.3) is 0 Å². The Morgan fingerprint density at radius 1 is 1.57 bits per heavy atom. The molecule has 0 fully saturated rings. The fourth-order valence-corrected chi connectivity index (χ4v) is 2.04. The molecular weight excluding hydrogens is 242 g/mol. The van der Waals surface area contributed by atoms with Crippen LogP contribution in [0, 0.1) is 0 Å². The van der Waals surface area contributed by atoms with Gasteiger partial charge in [0, 0.05) is 29.8 Å². The maximum Gasteiger partial charge on any atom is 0.152 e. The van der Waals surface area contributed by atoms with E-state index in [9.17, 15) is 0 Å². The number of fused-ring (bicyclic) bond motifs is 1. The SMILES string of the molecule is CC(C)N1CCNc2cc(Br)cnc21. The lowest BCUT2D eigenvalue weighted by atomic mass is 10.2. The monoisotopic (exact) mass is 255 g/mol. The molecule has 0 unspecified atom stereocenters. The van der Waals surface area contributed by atoms with Gasteiger partial charge >= 0.3 is 0 Å². The molecule has 1 aromatic rings. The van der Waals surface area contributed by atoms with E-state index in [2.05, 4.69) is 51.0 Å². The summed E-state index contributed by atoms with van der Waals surface area (Å²) in [6, 6.07) is 2.58. The van der Waals surface area contributed by atoms with Crippen molar-refractivity contribution >= 4 is 27.4 Å². The molecule has 0 saturated heterocycles. The van der Waals surface area contributed by atoms with E-state index in [-0.39, 0.29) is 0 Å². The van der Waals surface area contributed by atoms with Crippen molar-refractivity contribution in [2.45, 2.75) is 19.9 Å². The minimum absolute atomic E-state index is 0.504. The van der Waals surface area contributed by atoms with Crippen LogP contribution in [0.3, 0.4) is 0 Å². The van der Waals surface area contributed by atoms with Gasteiger partial charge in [0.15, 0.2) is 5.82 Å². The Labute approximate surface area is 92.6 Å². The van der Waals surface area contributed by atoms with Crippen molar-refractivity contribution in [3.8, 4) is 0 Å². The number of rotatable bonds is 1. The molecule has 0 aromatic carbocycles. The number of pyridine rings is 1. The van der Waals surface area contributed by atoms with Crippen molar-refractivity contribution in [3.63, 3.8) is 0 Å². The molecule has 0 atom stereocenters. The average Bonchev–Trinajstić information content (AvgIpc) is 2.16. The van der Waals surface area contributed by atoms with Gasteiger partial charge < -0.3 is 10.2 Å². The van der Waals surface area contributed by atoms with Crippen LogP contribution in [-0.2, 0) is 0 Å². The normalized spacial score (nSPS) is 15.3.